The van der Waals surface area contributed by atoms with E-state index >= 15 is 0 Å². The summed E-state index contributed by atoms with van der Waals surface area (Å²) >= 11 is 3.44. The highest BCUT2D eigenvalue weighted by Crippen LogP contribution is 2.48. The minimum absolute atomic E-state index is 0.0293. The molecule has 4 nitrogen and oxygen atoms in total. The van der Waals surface area contributed by atoms with E-state index in [0.717, 1.165) is 22.9 Å². The molecule has 1 N–H and O–H groups in total. The van der Waals surface area contributed by atoms with Crippen molar-refractivity contribution in [2.45, 2.75) is 32.1 Å². The zero-order valence-corrected chi connectivity index (χ0v) is 14.1. The number of carbonyl (C=O) groups is 2. The van der Waals surface area contributed by atoms with Crippen LogP contribution in [0.5, 0.6) is 0 Å². The molecular formula is C16H21BrN2O2. The van der Waals surface area contributed by atoms with Crippen molar-refractivity contribution in [3.8, 4) is 0 Å². The van der Waals surface area contributed by atoms with Crippen molar-refractivity contribution in [3.63, 3.8) is 0 Å². The molecule has 0 spiro atoms. The Balaban J connectivity index is 1.99. The summed E-state index contributed by atoms with van der Waals surface area (Å²) in [5.41, 5.74) is 0.581. The molecule has 0 aromatic heterocycles. The van der Waals surface area contributed by atoms with Crippen LogP contribution in [0.4, 0.5) is 0 Å². The first-order chi connectivity index (χ1) is 10.0. The first kappa shape index (κ1) is 16.0. The number of nitrogens with one attached hydrogen (secondary N) is 1. The average Bonchev–Trinajstić information content (AvgIpc) is 3.28. The third kappa shape index (κ3) is 3.46. The minimum atomic E-state index is -0.437. The van der Waals surface area contributed by atoms with E-state index in [2.05, 4.69) is 21.2 Å². The summed E-state index contributed by atoms with van der Waals surface area (Å²) in [6.07, 6.45) is 1.68. The van der Waals surface area contributed by atoms with Gasteiger partial charge in [-0.1, -0.05) is 28.1 Å². The quantitative estimate of drug-likeness (QED) is 0.854. The molecule has 2 amide bonds. The van der Waals surface area contributed by atoms with Crippen molar-refractivity contribution < 1.29 is 9.59 Å². The molecule has 1 aromatic rings. The van der Waals surface area contributed by atoms with Gasteiger partial charge in [-0.3, -0.25) is 9.59 Å². The second-order valence-electron chi connectivity index (χ2n) is 5.34. The van der Waals surface area contributed by atoms with Gasteiger partial charge in [-0.05, 0) is 44.4 Å². The fourth-order valence-corrected chi connectivity index (χ4v) is 2.97. The first-order valence-corrected chi connectivity index (χ1v) is 8.15. The van der Waals surface area contributed by atoms with Gasteiger partial charge in [0.25, 0.3) is 0 Å². The zero-order chi connectivity index (χ0) is 15.5. The van der Waals surface area contributed by atoms with Gasteiger partial charge < -0.3 is 10.2 Å². The van der Waals surface area contributed by atoms with Crippen LogP contribution in [-0.4, -0.2) is 36.3 Å². The molecule has 1 aliphatic rings. The molecule has 0 aliphatic heterocycles. The molecule has 0 atom stereocenters. The van der Waals surface area contributed by atoms with Crippen molar-refractivity contribution in [2.24, 2.45) is 0 Å². The standard InChI is InChI=1S/C16H21BrN2O2/c1-3-19(4-2)14(20)11-18-15(21)16(8-9-16)12-6-5-7-13(17)10-12/h5-7,10H,3-4,8-9,11H2,1-2H3,(H,18,21). The molecule has 1 saturated carbocycles. The van der Waals surface area contributed by atoms with E-state index in [9.17, 15) is 9.59 Å². The lowest BCUT2D eigenvalue weighted by molar-refractivity contribution is -0.133. The van der Waals surface area contributed by atoms with Crippen LogP contribution in [0.2, 0.25) is 0 Å². The van der Waals surface area contributed by atoms with E-state index in [1.165, 1.54) is 0 Å². The smallest absolute Gasteiger partial charge is 0.241 e. The molecule has 0 bridgehead atoms. The van der Waals surface area contributed by atoms with Gasteiger partial charge in [0.15, 0.2) is 0 Å². The maximum absolute atomic E-state index is 12.4. The SMILES string of the molecule is CCN(CC)C(=O)CNC(=O)C1(c2cccc(Br)c2)CC1. The number of halogens is 1. The number of carbonyl (C=O) groups excluding carboxylic acids is 2. The van der Waals surface area contributed by atoms with Crippen molar-refractivity contribution >= 4 is 27.7 Å². The van der Waals surface area contributed by atoms with Gasteiger partial charge in [0, 0.05) is 17.6 Å². The Morgan fingerprint density at radius 1 is 1.29 bits per heavy atom. The Morgan fingerprint density at radius 2 is 1.95 bits per heavy atom. The van der Waals surface area contributed by atoms with Gasteiger partial charge in [-0.2, -0.15) is 0 Å². The van der Waals surface area contributed by atoms with Crippen molar-refractivity contribution in [3.05, 3.63) is 34.3 Å². The number of hydrogen-bond donors (Lipinski definition) is 1. The lowest BCUT2D eigenvalue weighted by Crippen LogP contribution is -2.43. The van der Waals surface area contributed by atoms with Gasteiger partial charge in [0.05, 0.1) is 12.0 Å². The van der Waals surface area contributed by atoms with Crippen LogP contribution >= 0.6 is 15.9 Å². The zero-order valence-electron chi connectivity index (χ0n) is 12.5. The van der Waals surface area contributed by atoms with Crippen LogP contribution in [0.1, 0.15) is 32.3 Å². The summed E-state index contributed by atoms with van der Waals surface area (Å²) < 4.78 is 0.971. The summed E-state index contributed by atoms with van der Waals surface area (Å²) in [7, 11) is 0. The third-order valence-corrected chi connectivity index (χ3v) is 4.57. The fourth-order valence-electron chi connectivity index (χ4n) is 2.57. The molecule has 1 aromatic carbocycles. The van der Waals surface area contributed by atoms with Crippen LogP contribution in [-0.2, 0) is 15.0 Å². The lowest BCUT2D eigenvalue weighted by atomic mass is 9.95. The number of likely N-dealkylation sites (N-methyl/N-ethyl adjacent to an activating group) is 1. The maximum Gasteiger partial charge on any atom is 0.241 e. The molecule has 0 radical (unpaired) electrons. The van der Waals surface area contributed by atoms with E-state index < -0.39 is 5.41 Å². The summed E-state index contributed by atoms with van der Waals surface area (Å²) in [6.45, 7) is 5.29. The second-order valence-corrected chi connectivity index (χ2v) is 6.26. The van der Waals surface area contributed by atoms with E-state index in [-0.39, 0.29) is 18.4 Å². The topological polar surface area (TPSA) is 49.4 Å². The predicted octanol–water partition coefficient (Wildman–Crippen LogP) is 2.47. The van der Waals surface area contributed by atoms with E-state index in [1.54, 1.807) is 4.90 Å². The molecule has 0 heterocycles. The largest absolute Gasteiger partial charge is 0.346 e. The Labute approximate surface area is 134 Å². The molecule has 1 fully saturated rings. The molecule has 21 heavy (non-hydrogen) atoms. The molecule has 114 valence electrons. The Hall–Kier alpha value is -1.36. The maximum atomic E-state index is 12.4. The Kier molecular flexibility index (Phi) is 5.04. The van der Waals surface area contributed by atoms with Gasteiger partial charge in [-0.15, -0.1) is 0 Å². The van der Waals surface area contributed by atoms with Crippen LogP contribution in [0, 0.1) is 0 Å². The first-order valence-electron chi connectivity index (χ1n) is 7.35. The highest BCUT2D eigenvalue weighted by Gasteiger charge is 2.51. The van der Waals surface area contributed by atoms with Crippen molar-refractivity contribution in [1.29, 1.82) is 0 Å². The van der Waals surface area contributed by atoms with Crippen molar-refractivity contribution in [1.82, 2.24) is 10.2 Å². The molecule has 5 heteroatoms. The molecule has 2 rings (SSSR count). The lowest BCUT2D eigenvalue weighted by Gasteiger charge is -2.20. The highest BCUT2D eigenvalue weighted by atomic mass is 79.9. The molecule has 0 saturated heterocycles. The normalized spacial score (nSPS) is 15.4. The number of amides is 2. The van der Waals surface area contributed by atoms with E-state index in [0.29, 0.717) is 13.1 Å². The number of rotatable bonds is 6. The minimum Gasteiger partial charge on any atom is -0.346 e. The summed E-state index contributed by atoms with van der Waals surface area (Å²) in [6, 6.07) is 7.84. The fraction of sp³-hybridized carbons (Fsp3) is 0.500. The number of benzene rings is 1. The van der Waals surface area contributed by atoms with Gasteiger partial charge >= 0.3 is 0 Å². The monoisotopic (exact) mass is 352 g/mol. The molecule has 0 unspecified atom stereocenters. The number of nitrogens with zero attached hydrogens (tertiary/aromatic N) is 1. The van der Waals surface area contributed by atoms with E-state index in [4.69, 9.17) is 0 Å². The summed E-state index contributed by atoms with van der Waals surface area (Å²) in [5.74, 6) is -0.0699. The Bertz CT molecular complexity index is 537. The molecule has 1 aliphatic carbocycles. The highest BCUT2D eigenvalue weighted by molar-refractivity contribution is 9.10. The third-order valence-electron chi connectivity index (χ3n) is 4.08. The van der Waals surface area contributed by atoms with Gasteiger partial charge in [0.2, 0.25) is 11.8 Å². The van der Waals surface area contributed by atoms with Gasteiger partial charge in [0.1, 0.15) is 0 Å². The van der Waals surface area contributed by atoms with Crippen LogP contribution in [0.25, 0.3) is 0 Å². The summed E-state index contributed by atoms with van der Waals surface area (Å²) in [4.78, 5) is 26.1. The predicted molar refractivity (Wildman–Crippen MR) is 86.0 cm³/mol. The van der Waals surface area contributed by atoms with Gasteiger partial charge in [-0.25, -0.2) is 0 Å². The van der Waals surface area contributed by atoms with Crippen LogP contribution in [0.3, 0.4) is 0 Å². The average molecular weight is 353 g/mol. The summed E-state index contributed by atoms with van der Waals surface area (Å²) in [5, 5.41) is 2.81. The second kappa shape index (κ2) is 6.60. The molecular weight excluding hydrogens is 332 g/mol. The Morgan fingerprint density at radius 3 is 2.48 bits per heavy atom. The van der Waals surface area contributed by atoms with Crippen LogP contribution in [0.15, 0.2) is 28.7 Å². The van der Waals surface area contributed by atoms with E-state index in [1.807, 2.05) is 38.1 Å². The number of hydrogen-bond acceptors (Lipinski definition) is 2. The van der Waals surface area contributed by atoms with Crippen LogP contribution < -0.4 is 5.32 Å². The van der Waals surface area contributed by atoms with Crippen molar-refractivity contribution in [2.75, 3.05) is 19.6 Å².